The minimum atomic E-state index is -4.18. The smallest absolute Gasteiger partial charge is 0.389 e. The van der Waals surface area contributed by atoms with Crippen molar-refractivity contribution in [2.45, 2.75) is 19.0 Å². The molecule has 0 atom stereocenters. The molecule has 8 heteroatoms. The molecule has 0 fully saturated rings. The molecule has 0 aliphatic heterocycles. The maximum atomic E-state index is 11.9. The van der Waals surface area contributed by atoms with Crippen molar-refractivity contribution >= 4 is 11.6 Å². The molecular weight excluding hydrogens is 261 g/mol. The van der Waals surface area contributed by atoms with E-state index in [4.69, 9.17) is 21.1 Å². The van der Waals surface area contributed by atoms with E-state index < -0.39 is 12.6 Å². The van der Waals surface area contributed by atoms with Crippen molar-refractivity contribution in [2.24, 2.45) is 0 Å². The van der Waals surface area contributed by atoms with Gasteiger partial charge in [-0.05, 0) is 6.42 Å². The second-order valence-corrected chi connectivity index (χ2v) is 3.43. The zero-order chi connectivity index (χ0) is 12.9. The maximum Gasteiger partial charge on any atom is 0.389 e. The van der Waals surface area contributed by atoms with E-state index in [2.05, 4.69) is 9.97 Å². The van der Waals surface area contributed by atoms with Crippen LogP contribution in [0.15, 0.2) is 6.33 Å². The van der Waals surface area contributed by atoms with Crippen LogP contribution in [0.1, 0.15) is 12.8 Å². The molecule has 0 saturated carbocycles. The molecule has 0 aromatic carbocycles. The number of ether oxygens (including phenoxy) is 2. The van der Waals surface area contributed by atoms with E-state index >= 15 is 0 Å². The van der Waals surface area contributed by atoms with E-state index in [1.54, 1.807) is 0 Å². The number of nitrogens with zero attached hydrogens (tertiary/aromatic N) is 2. The van der Waals surface area contributed by atoms with Gasteiger partial charge in [-0.1, -0.05) is 11.6 Å². The van der Waals surface area contributed by atoms with Gasteiger partial charge in [-0.25, -0.2) is 4.98 Å². The topological polar surface area (TPSA) is 44.2 Å². The maximum absolute atomic E-state index is 11.9. The van der Waals surface area contributed by atoms with Crippen molar-refractivity contribution in [3.63, 3.8) is 0 Å². The first-order valence-electron chi connectivity index (χ1n) is 4.68. The highest BCUT2D eigenvalue weighted by atomic mass is 35.5. The second-order valence-electron chi connectivity index (χ2n) is 3.07. The summed E-state index contributed by atoms with van der Waals surface area (Å²) in [6.45, 7) is -0.122. The summed E-state index contributed by atoms with van der Waals surface area (Å²) in [4.78, 5) is 7.37. The summed E-state index contributed by atoms with van der Waals surface area (Å²) in [7, 11) is 1.34. The lowest BCUT2D eigenvalue weighted by atomic mass is 10.3. The molecule has 4 nitrogen and oxygen atoms in total. The number of halogens is 4. The summed E-state index contributed by atoms with van der Waals surface area (Å²) in [5, 5.41) is 0.0494. The van der Waals surface area contributed by atoms with Crippen molar-refractivity contribution in [1.29, 1.82) is 0 Å². The predicted molar refractivity (Wildman–Crippen MR) is 54.4 cm³/mol. The van der Waals surface area contributed by atoms with Gasteiger partial charge in [-0.3, -0.25) is 0 Å². The van der Waals surface area contributed by atoms with Crippen LogP contribution >= 0.6 is 11.6 Å². The largest absolute Gasteiger partial charge is 0.489 e. The van der Waals surface area contributed by atoms with Gasteiger partial charge < -0.3 is 9.47 Å². The number of hydrogen-bond acceptors (Lipinski definition) is 4. The highest BCUT2D eigenvalue weighted by Gasteiger charge is 2.26. The number of methoxy groups -OCH3 is 1. The molecule has 0 aliphatic carbocycles. The lowest BCUT2D eigenvalue weighted by Gasteiger charge is -2.10. The molecule has 0 amide bonds. The van der Waals surface area contributed by atoms with E-state index in [9.17, 15) is 13.2 Å². The quantitative estimate of drug-likeness (QED) is 0.610. The van der Waals surface area contributed by atoms with Crippen molar-refractivity contribution < 1.29 is 22.6 Å². The molecule has 1 aromatic rings. The van der Waals surface area contributed by atoms with E-state index in [0.29, 0.717) is 0 Å². The molecule has 0 saturated heterocycles. The Kier molecular flexibility index (Phi) is 4.80. The van der Waals surface area contributed by atoms with Crippen LogP contribution in [0.5, 0.6) is 11.6 Å². The number of rotatable bonds is 5. The minimum Gasteiger partial charge on any atom is -0.489 e. The van der Waals surface area contributed by atoms with Crippen molar-refractivity contribution in [3.8, 4) is 11.6 Å². The molecule has 0 spiro atoms. The van der Waals surface area contributed by atoms with E-state index in [1.807, 2.05) is 0 Å². The first-order valence-corrected chi connectivity index (χ1v) is 5.06. The third-order valence-electron chi connectivity index (χ3n) is 1.78. The molecular formula is C9H10ClF3N2O2. The number of aromatic nitrogens is 2. The average molecular weight is 271 g/mol. The zero-order valence-corrected chi connectivity index (χ0v) is 9.68. The summed E-state index contributed by atoms with van der Waals surface area (Å²) in [5.74, 6) is 0.149. The van der Waals surface area contributed by atoms with Gasteiger partial charge in [-0.2, -0.15) is 18.2 Å². The zero-order valence-electron chi connectivity index (χ0n) is 8.92. The molecule has 0 aliphatic rings. The fourth-order valence-electron chi connectivity index (χ4n) is 1.05. The molecule has 1 aromatic heterocycles. The summed E-state index contributed by atoms with van der Waals surface area (Å²) in [6, 6.07) is 0. The van der Waals surface area contributed by atoms with Gasteiger partial charge in [0.05, 0.1) is 13.7 Å². The minimum absolute atomic E-state index is 0.0367. The van der Waals surface area contributed by atoms with Gasteiger partial charge in [0, 0.05) is 6.42 Å². The monoisotopic (exact) mass is 270 g/mol. The normalized spacial score (nSPS) is 11.4. The van der Waals surface area contributed by atoms with E-state index in [-0.39, 0.29) is 29.8 Å². The third-order valence-corrected chi connectivity index (χ3v) is 2.04. The Hall–Kier alpha value is -1.24. The lowest BCUT2D eigenvalue weighted by molar-refractivity contribution is -0.136. The van der Waals surface area contributed by atoms with Crippen LogP contribution in [0.25, 0.3) is 0 Å². The Labute approximate surface area is 101 Å². The standard InChI is InChI=1S/C9H10ClF3N2O2/c1-16-6-7(10)14-5-15-8(6)17-4-2-3-9(11,12)13/h5H,2-4H2,1H3. The first kappa shape index (κ1) is 13.8. The molecule has 0 N–H and O–H groups in total. The van der Waals surface area contributed by atoms with Crippen LogP contribution in [0, 0.1) is 0 Å². The molecule has 0 unspecified atom stereocenters. The Bertz CT molecular complexity index is 374. The Morgan fingerprint density at radius 1 is 1.35 bits per heavy atom. The Morgan fingerprint density at radius 3 is 2.65 bits per heavy atom. The molecule has 1 rings (SSSR count). The molecule has 96 valence electrons. The summed E-state index contributed by atoms with van der Waals surface area (Å²) < 4.78 is 45.5. The second kappa shape index (κ2) is 5.90. The van der Waals surface area contributed by atoms with Crippen molar-refractivity contribution in [3.05, 3.63) is 11.5 Å². The van der Waals surface area contributed by atoms with Crippen molar-refractivity contribution in [1.82, 2.24) is 9.97 Å². The average Bonchev–Trinajstić information content (AvgIpc) is 2.23. The van der Waals surface area contributed by atoms with E-state index in [0.717, 1.165) is 6.33 Å². The first-order chi connectivity index (χ1) is 7.94. The Morgan fingerprint density at radius 2 is 2.06 bits per heavy atom. The summed E-state index contributed by atoms with van der Waals surface area (Å²) in [6.07, 6.45) is -4.11. The van der Waals surface area contributed by atoms with Crippen LogP contribution in [0.3, 0.4) is 0 Å². The van der Waals surface area contributed by atoms with Gasteiger partial charge >= 0.3 is 6.18 Å². The van der Waals surface area contributed by atoms with Crippen LogP contribution in [-0.4, -0.2) is 29.9 Å². The summed E-state index contributed by atoms with van der Waals surface area (Å²) >= 11 is 5.68. The van der Waals surface area contributed by atoms with Gasteiger partial charge in [-0.15, -0.1) is 0 Å². The fourth-order valence-corrected chi connectivity index (χ4v) is 1.25. The van der Waals surface area contributed by atoms with Crippen molar-refractivity contribution in [2.75, 3.05) is 13.7 Å². The lowest BCUT2D eigenvalue weighted by Crippen LogP contribution is -2.10. The Balaban J connectivity index is 2.49. The van der Waals surface area contributed by atoms with Crippen LogP contribution in [0.2, 0.25) is 5.15 Å². The highest BCUT2D eigenvalue weighted by molar-refractivity contribution is 6.31. The van der Waals surface area contributed by atoms with Crippen LogP contribution in [-0.2, 0) is 0 Å². The highest BCUT2D eigenvalue weighted by Crippen LogP contribution is 2.30. The van der Waals surface area contributed by atoms with Gasteiger partial charge in [0.1, 0.15) is 6.33 Å². The third kappa shape index (κ3) is 4.64. The molecule has 1 heterocycles. The van der Waals surface area contributed by atoms with E-state index in [1.165, 1.54) is 7.11 Å². The summed E-state index contributed by atoms with van der Waals surface area (Å²) in [5.41, 5.74) is 0. The fraction of sp³-hybridized carbons (Fsp3) is 0.556. The number of alkyl halides is 3. The predicted octanol–water partition coefficient (Wildman–Crippen LogP) is 2.86. The van der Waals surface area contributed by atoms with Gasteiger partial charge in [0.25, 0.3) is 5.88 Å². The molecule has 17 heavy (non-hydrogen) atoms. The van der Waals surface area contributed by atoms with Crippen LogP contribution < -0.4 is 9.47 Å². The molecule has 0 bridgehead atoms. The van der Waals surface area contributed by atoms with Gasteiger partial charge in [0.15, 0.2) is 5.15 Å². The molecule has 0 radical (unpaired) electrons. The SMILES string of the molecule is COc1c(Cl)ncnc1OCCCC(F)(F)F. The van der Waals surface area contributed by atoms with Crippen LogP contribution in [0.4, 0.5) is 13.2 Å². The van der Waals surface area contributed by atoms with Gasteiger partial charge in [0.2, 0.25) is 5.75 Å². The number of hydrogen-bond donors (Lipinski definition) is 0.